The van der Waals surface area contributed by atoms with Crippen molar-refractivity contribution in [1.82, 2.24) is 15.4 Å². The third-order valence-electron chi connectivity index (χ3n) is 2.10. The molecule has 1 aromatic heterocycles. The van der Waals surface area contributed by atoms with Crippen LogP contribution in [-0.4, -0.2) is 28.2 Å². The van der Waals surface area contributed by atoms with Gasteiger partial charge in [-0.15, -0.1) is 0 Å². The lowest BCUT2D eigenvalue weighted by Crippen LogP contribution is -2.47. The van der Waals surface area contributed by atoms with Crippen molar-refractivity contribution >= 4 is 35.1 Å². The molecule has 0 aromatic carbocycles. The molecule has 6 nitrogen and oxygen atoms in total. The summed E-state index contributed by atoms with van der Waals surface area (Å²) in [6.45, 7) is 9.90. The van der Waals surface area contributed by atoms with Crippen molar-refractivity contribution in [2.75, 3.05) is 11.6 Å². The molecule has 8 heteroatoms. The smallest absolute Gasteiger partial charge is 0.426 e. The number of nitrogens with zero attached hydrogens (tertiary/aromatic N) is 3. The summed E-state index contributed by atoms with van der Waals surface area (Å²) in [7, 11) is 0. The summed E-state index contributed by atoms with van der Waals surface area (Å²) in [6.07, 6.45) is -0.575. The Kier molecular flexibility index (Phi) is 6.04. The second-order valence-electron chi connectivity index (χ2n) is 5.94. The average Bonchev–Trinajstić information content (AvgIpc) is 2.23. The number of anilines is 1. The fourth-order valence-electron chi connectivity index (χ4n) is 1.49. The minimum atomic E-state index is -0.589. The van der Waals surface area contributed by atoms with E-state index in [0.29, 0.717) is 12.4 Å². The lowest BCUT2D eigenvalue weighted by atomic mass is 10.2. The summed E-state index contributed by atoms with van der Waals surface area (Å²) in [4.78, 5) is 19.8. The SMILES string of the molecule is CC(C)CN(NC(=O)OC(C)(C)C)c1cc(Cl)nc(Cl)n1. The van der Waals surface area contributed by atoms with Crippen LogP contribution in [0.2, 0.25) is 10.4 Å². The quantitative estimate of drug-likeness (QED) is 0.516. The molecule has 1 N–H and O–H groups in total. The zero-order valence-electron chi connectivity index (χ0n) is 12.8. The van der Waals surface area contributed by atoms with Crippen molar-refractivity contribution < 1.29 is 9.53 Å². The van der Waals surface area contributed by atoms with Crippen LogP contribution in [0.15, 0.2) is 6.07 Å². The lowest BCUT2D eigenvalue weighted by molar-refractivity contribution is 0.0519. The van der Waals surface area contributed by atoms with Gasteiger partial charge in [0.1, 0.15) is 10.8 Å². The van der Waals surface area contributed by atoms with E-state index in [1.54, 1.807) is 20.8 Å². The molecule has 118 valence electrons. The highest BCUT2D eigenvalue weighted by Gasteiger charge is 2.20. The number of rotatable bonds is 4. The van der Waals surface area contributed by atoms with E-state index in [2.05, 4.69) is 15.4 Å². The van der Waals surface area contributed by atoms with E-state index in [4.69, 9.17) is 27.9 Å². The molecule has 0 aliphatic carbocycles. The van der Waals surface area contributed by atoms with Gasteiger partial charge in [0.15, 0.2) is 5.82 Å². The second-order valence-corrected chi connectivity index (χ2v) is 6.66. The summed E-state index contributed by atoms with van der Waals surface area (Å²) in [6, 6.07) is 1.52. The maximum absolute atomic E-state index is 11.9. The number of carbonyl (C=O) groups excluding carboxylic acids is 1. The summed E-state index contributed by atoms with van der Waals surface area (Å²) in [5.74, 6) is 0.673. The molecule has 0 fully saturated rings. The highest BCUT2D eigenvalue weighted by atomic mass is 35.5. The number of ether oxygens (including phenoxy) is 1. The summed E-state index contributed by atoms with van der Waals surface area (Å²) in [5, 5.41) is 1.75. The van der Waals surface area contributed by atoms with E-state index in [-0.39, 0.29) is 16.4 Å². The van der Waals surface area contributed by atoms with Gasteiger partial charge >= 0.3 is 6.09 Å². The van der Waals surface area contributed by atoms with Crippen molar-refractivity contribution in [3.8, 4) is 0 Å². The first-order chi connectivity index (χ1) is 9.56. The minimum absolute atomic E-state index is 0.0113. The van der Waals surface area contributed by atoms with Crippen LogP contribution in [0.3, 0.4) is 0 Å². The first-order valence-corrected chi connectivity index (χ1v) is 7.29. The Morgan fingerprint density at radius 1 is 1.38 bits per heavy atom. The molecule has 1 rings (SSSR count). The molecular weight excluding hydrogens is 315 g/mol. The number of hydrazine groups is 1. The Labute approximate surface area is 134 Å². The number of aromatic nitrogens is 2. The van der Waals surface area contributed by atoms with Crippen LogP contribution in [-0.2, 0) is 4.74 Å². The molecule has 0 saturated carbocycles. The van der Waals surface area contributed by atoms with E-state index in [0.717, 1.165) is 0 Å². The Hall–Kier alpha value is -1.27. The molecule has 0 bridgehead atoms. The largest absolute Gasteiger partial charge is 0.443 e. The molecule has 21 heavy (non-hydrogen) atoms. The molecule has 0 unspecified atom stereocenters. The predicted molar refractivity (Wildman–Crippen MR) is 83.6 cm³/mol. The van der Waals surface area contributed by atoms with Crippen LogP contribution >= 0.6 is 23.2 Å². The maximum Gasteiger partial charge on any atom is 0.426 e. The van der Waals surface area contributed by atoms with Crippen LogP contribution in [0.5, 0.6) is 0 Å². The van der Waals surface area contributed by atoms with Gasteiger partial charge in [-0.05, 0) is 38.3 Å². The number of carbonyl (C=O) groups is 1. The average molecular weight is 335 g/mol. The van der Waals surface area contributed by atoms with Crippen LogP contribution in [0, 0.1) is 5.92 Å². The molecule has 0 aliphatic heterocycles. The third kappa shape index (κ3) is 6.82. The van der Waals surface area contributed by atoms with E-state index in [1.165, 1.54) is 11.1 Å². The van der Waals surface area contributed by atoms with E-state index in [9.17, 15) is 4.79 Å². The van der Waals surface area contributed by atoms with Crippen molar-refractivity contribution in [3.63, 3.8) is 0 Å². The molecule has 0 atom stereocenters. The molecule has 1 amide bonds. The highest BCUT2D eigenvalue weighted by Crippen LogP contribution is 2.18. The van der Waals surface area contributed by atoms with Gasteiger partial charge in [0.25, 0.3) is 0 Å². The summed E-state index contributed by atoms with van der Waals surface area (Å²) >= 11 is 11.7. The van der Waals surface area contributed by atoms with Crippen molar-refractivity contribution in [2.24, 2.45) is 5.92 Å². The fourth-order valence-corrected chi connectivity index (χ4v) is 1.89. The van der Waals surface area contributed by atoms with Crippen LogP contribution < -0.4 is 10.4 Å². The standard InChI is InChI=1S/C13H20Cl2N4O2/c1-8(2)7-19(18-12(20)21-13(3,4)5)10-6-9(14)16-11(15)17-10/h6,8H,7H2,1-5H3,(H,18,20). The lowest BCUT2D eigenvalue weighted by Gasteiger charge is -2.28. The van der Waals surface area contributed by atoms with Gasteiger partial charge in [0.05, 0.1) is 0 Å². The predicted octanol–water partition coefficient (Wildman–Crippen LogP) is 3.69. The zero-order valence-corrected chi connectivity index (χ0v) is 14.3. The Bertz CT molecular complexity index is 483. The second kappa shape index (κ2) is 7.13. The first-order valence-electron chi connectivity index (χ1n) is 6.54. The molecule has 0 radical (unpaired) electrons. The Balaban J connectivity index is 2.92. The maximum atomic E-state index is 11.9. The number of hydrogen-bond acceptors (Lipinski definition) is 5. The Morgan fingerprint density at radius 3 is 2.48 bits per heavy atom. The van der Waals surface area contributed by atoms with Crippen molar-refractivity contribution in [3.05, 3.63) is 16.5 Å². The molecule has 1 aromatic rings. The van der Waals surface area contributed by atoms with Gasteiger partial charge in [0.2, 0.25) is 5.28 Å². The van der Waals surface area contributed by atoms with E-state index in [1.807, 2.05) is 13.8 Å². The molecule has 0 spiro atoms. The first kappa shape index (κ1) is 17.8. The zero-order chi connectivity index (χ0) is 16.2. The van der Waals surface area contributed by atoms with Gasteiger partial charge in [0, 0.05) is 12.6 Å². The molecule has 1 heterocycles. The topological polar surface area (TPSA) is 67.4 Å². The van der Waals surface area contributed by atoms with E-state index < -0.39 is 11.7 Å². The number of nitrogens with one attached hydrogen (secondary N) is 1. The monoisotopic (exact) mass is 334 g/mol. The third-order valence-corrected chi connectivity index (χ3v) is 2.47. The molecule has 0 aliphatic rings. The molecule has 0 saturated heterocycles. The number of hydrogen-bond donors (Lipinski definition) is 1. The van der Waals surface area contributed by atoms with Crippen molar-refractivity contribution in [1.29, 1.82) is 0 Å². The van der Waals surface area contributed by atoms with Crippen molar-refractivity contribution in [2.45, 2.75) is 40.2 Å². The Morgan fingerprint density at radius 2 is 2.00 bits per heavy atom. The van der Waals surface area contributed by atoms with Crippen LogP contribution in [0.1, 0.15) is 34.6 Å². The van der Waals surface area contributed by atoms with Gasteiger partial charge in [-0.1, -0.05) is 25.4 Å². The van der Waals surface area contributed by atoms with Gasteiger partial charge < -0.3 is 4.74 Å². The number of halogens is 2. The highest BCUT2D eigenvalue weighted by molar-refractivity contribution is 6.32. The normalized spacial score (nSPS) is 11.4. The fraction of sp³-hybridized carbons (Fsp3) is 0.615. The number of amides is 1. The van der Waals surface area contributed by atoms with Crippen LogP contribution in [0.4, 0.5) is 10.6 Å². The molecular formula is C13H20Cl2N4O2. The van der Waals surface area contributed by atoms with Gasteiger partial charge in [-0.2, -0.15) is 4.98 Å². The van der Waals surface area contributed by atoms with Crippen LogP contribution in [0.25, 0.3) is 0 Å². The van der Waals surface area contributed by atoms with E-state index >= 15 is 0 Å². The minimum Gasteiger partial charge on any atom is -0.443 e. The summed E-state index contributed by atoms with van der Waals surface area (Å²) < 4.78 is 5.23. The summed E-state index contributed by atoms with van der Waals surface area (Å²) in [5.41, 5.74) is 2.05. The van der Waals surface area contributed by atoms with Gasteiger partial charge in [-0.3, -0.25) is 5.01 Å². The van der Waals surface area contributed by atoms with Gasteiger partial charge in [-0.25, -0.2) is 15.2 Å².